The van der Waals surface area contributed by atoms with Gasteiger partial charge in [0.05, 0.1) is 0 Å². The summed E-state index contributed by atoms with van der Waals surface area (Å²) >= 11 is 0. The minimum absolute atomic E-state index is 0.669. The molecule has 1 fully saturated rings. The molecule has 0 aliphatic carbocycles. The quantitative estimate of drug-likeness (QED) is 0.753. The van der Waals surface area contributed by atoms with Crippen LogP contribution in [0.3, 0.4) is 0 Å². The largest absolute Gasteiger partial charge is 0.310 e. The molecule has 0 aromatic carbocycles. The third kappa shape index (κ3) is 4.52. The zero-order valence-corrected chi connectivity index (χ0v) is 11.1. The van der Waals surface area contributed by atoms with E-state index >= 15 is 0 Å². The van der Waals surface area contributed by atoms with Gasteiger partial charge in [-0.15, -0.1) is 0 Å². The van der Waals surface area contributed by atoms with Crippen LogP contribution in [-0.4, -0.2) is 36.1 Å². The van der Waals surface area contributed by atoms with Crippen LogP contribution in [0.25, 0.3) is 0 Å². The van der Waals surface area contributed by atoms with Crippen LogP contribution in [0, 0.1) is 5.92 Å². The molecule has 1 saturated heterocycles. The van der Waals surface area contributed by atoms with Gasteiger partial charge in [-0.2, -0.15) is 0 Å². The zero-order valence-electron chi connectivity index (χ0n) is 11.1. The van der Waals surface area contributed by atoms with Gasteiger partial charge in [0, 0.05) is 24.7 Å². The molecule has 2 unspecified atom stereocenters. The van der Waals surface area contributed by atoms with Crippen LogP contribution in [0.15, 0.2) is 0 Å². The number of hydrogen-bond acceptors (Lipinski definition) is 2. The second kappa shape index (κ2) is 5.86. The summed E-state index contributed by atoms with van der Waals surface area (Å²) in [5.74, 6) is 0.801. The molecule has 0 bridgehead atoms. The summed E-state index contributed by atoms with van der Waals surface area (Å²) in [6.45, 7) is 14.0. The van der Waals surface area contributed by atoms with Gasteiger partial charge in [0.2, 0.25) is 0 Å². The van der Waals surface area contributed by atoms with Crippen LogP contribution in [-0.2, 0) is 0 Å². The molecule has 1 heterocycles. The monoisotopic (exact) mass is 212 g/mol. The van der Waals surface area contributed by atoms with Crippen molar-refractivity contribution in [3.8, 4) is 0 Å². The van der Waals surface area contributed by atoms with Gasteiger partial charge in [-0.05, 0) is 46.1 Å². The second-order valence-corrected chi connectivity index (χ2v) is 5.77. The molecular formula is C13H28N2. The normalized spacial score (nSPS) is 25.4. The number of rotatable bonds is 5. The Morgan fingerprint density at radius 2 is 1.87 bits per heavy atom. The van der Waals surface area contributed by atoms with E-state index < -0.39 is 0 Å². The van der Waals surface area contributed by atoms with E-state index in [0.717, 1.165) is 12.0 Å². The molecule has 0 aromatic rings. The topological polar surface area (TPSA) is 15.3 Å². The fourth-order valence-electron chi connectivity index (χ4n) is 2.57. The third-order valence-corrected chi connectivity index (χ3v) is 3.30. The smallest absolute Gasteiger partial charge is 0.0209 e. The molecule has 15 heavy (non-hydrogen) atoms. The summed E-state index contributed by atoms with van der Waals surface area (Å²) in [4.78, 5) is 2.57. The first-order valence-corrected chi connectivity index (χ1v) is 6.49. The Morgan fingerprint density at radius 3 is 2.33 bits per heavy atom. The number of likely N-dealkylation sites (tertiary alicyclic amines) is 1. The van der Waals surface area contributed by atoms with Crippen molar-refractivity contribution in [2.24, 2.45) is 5.92 Å². The molecule has 1 N–H and O–H groups in total. The lowest BCUT2D eigenvalue weighted by atomic mass is 10.0. The summed E-state index contributed by atoms with van der Waals surface area (Å²) < 4.78 is 0. The van der Waals surface area contributed by atoms with Crippen LogP contribution in [0.2, 0.25) is 0 Å². The van der Waals surface area contributed by atoms with Crippen molar-refractivity contribution in [3.05, 3.63) is 0 Å². The molecule has 2 heteroatoms. The van der Waals surface area contributed by atoms with Gasteiger partial charge in [0.15, 0.2) is 0 Å². The summed E-state index contributed by atoms with van der Waals surface area (Å²) in [6.07, 6.45) is 2.61. The highest BCUT2D eigenvalue weighted by atomic mass is 15.2. The highest BCUT2D eigenvalue weighted by molar-refractivity contribution is 4.84. The van der Waals surface area contributed by atoms with Crippen LogP contribution in [0.4, 0.5) is 0 Å². The minimum Gasteiger partial charge on any atom is -0.310 e. The summed E-state index contributed by atoms with van der Waals surface area (Å²) in [5, 5.41) is 3.75. The van der Waals surface area contributed by atoms with Crippen molar-refractivity contribution in [2.75, 3.05) is 13.1 Å². The standard InChI is InChI=1S/C13H28N2/c1-10(2)8-12(5)14-13-6-7-15(9-13)11(3)4/h10-14H,6-9H2,1-5H3. The lowest BCUT2D eigenvalue weighted by Crippen LogP contribution is -2.40. The predicted molar refractivity (Wildman–Crippen MR) is 67.2 cm³/mol. The zero-order chi connectivity index (χ0) is 11.4. The summed E-state index contributed by atoms with van der Waals surface area (Å²) in [7, 11) is 0. The van der Waals surface area contributed by atoms with Crippen molar-refractivity contribution in [1.82, 2.24) is 10.2 Å². The van der Waals surface area contributed by atoms with E-state index in [1.807, 2.05) is 0 Å². The van der Waals surface area contributed by atoms with Crippen LogP contribution < -0.4 is 5.32 Å². The van der Waals surface area contributed by atoms with Gasteiger partial charge < -0.3 is 5.32 Å². The Hall–Kier alpha value is -0.0800. The summed E-state index contributed by atoms with van der Waals surface area (Å²) in [5.41, 5.74) is 0. The van der Waals surface area contributed by atoms with Crippen LogP contribution in [0.1, 0.15) is 47.5 Å². The van der Waals surface area contributed by atoms with Crippen molar-refractivity contribution in [2.45, 2.75) is 65.6 Å². The second-order valence-electron chi connectivity index (χ2n) is 5.77. The average molecular weight is 212 g/mol. The lowest BCUT2D eigenvalue weighted by molar-refractivity contribution is 0.264. The lowest BCUT2D eigenvalue weighted by Gasteiger charge is -2.23. The van der Waals surface area contributed by atoms with Crippen molar-refractivity contribution >= 4 is 0 Å². The fourth-order valence-corrected chi connectivity index (χ4v) is 2.57. The maximum Gasteiger partial charge on any atom is 0.0209 e. The SMILES string of the molecule is CC(C)CC(C)NC1CCN(C(C)C)C1. The Kier molecular flexibility index (Phi) is 5.07. The van der Waals surface area contributed by atoms with Crippen LogP contribution >= 0.6 is 0 Å². The highest BCUT2D eigenvalue weighted by Crippen LogP contribution is 2.14. The van der Waals surface area contributed by atoms with E-state index in [4.69, 9.17) is 0 Å². The molecule has 0 saturated carbocycles. The minimum atomic E-state index is 0.669. The maximum atomic E-state index is 3.75. The molecule has 0 aromatic heterocycles. The first-order valence-electron chi connectivity index (χ1n) is 6.49. The van der Waals surface area contributed by atoms with E-state index in [0.29, 0.717) is 12.1 Å². The first kappa shape index (κ1) is 13.0. The number of nitrogens with zero attached hydrogens (tertiary/aromatic N) is 1. The van der Waals surface area contributed by atoms with Gasteiger partial charge in [-0.25, -0.2) is 0 Å². The Bertz CT molecular complexity index is 177. The third-order valence-electron chi connectivity index (χ3n) is 3.30. The summed E-state index contributed by atoms with van der Waals surface area (Å²) in [6, 6.07) is 2.10. The Labute approximate surface area is 95.4 Å². The molecule has 1 aliphatic heterocycles. The number of nitrogens with one attached hydrogen (secondary N) is 1. The Morgan fingerprint density at radius 1 is 1.20 bits per heavy atom. The molecule has 0 spiro atoms. The maximum absolute atomic E-state index is 3.75. The molecule has 0 radical (unpaired) electrons. The first-order chi connectivity index (χ1) is 6.99. The molecule has 90 valence electrons. The van der Waals surface area contributed by atoms with Crippen molar-refractivity contribution in [3.63, 3.8) is 0 Å². The van der Waals surface area contributed by atoms with E-state index in [1.54, 1.807) is 0 Å². The van der Waals surface area contributed by atoms with Gasteiger partial charge in [-0.3, -0.25) is 4.90 Å². The average Bonchev–Trinajstić information content (AvgIpc) is 2.50. The predicted octanol–water partition coefficient (Wildman–Crippen LogP) is 2.49. The fraction of sp³-hybridized carbons (Fsp3) is 1.00. The van der Waals surface area contributed by atoms with E-state index in [2.05, 4.69) is 44.8 Å². The molecule has 1 aliphatic rings. The van der Waals surface area contributed by atoms with Crippen LogP contribution in [0.5, 0.6) is 0 Å². The molecule has 2 atom stereocenters. The van der Waals surface area contributed by atoms with Gasteiger partial charge in [0.1, 0.15) is 0 Å². The number of hydrogen-bond donors (Lipinski definition) is 1. The molecule has 1 rings (SSSR count). The van der Waals surface area contributed by atoms with E-state index in [1.165, 1.54) is 25.9 Å². The van der Waals surface area contributed by atoms with Gasteiger partial charge >= 0.3 is 0 Å². The van der Waals surface area contributed by atoms with E-state index in [9.17, 15) is 0 Å². The van der Waals surface area contributed by atoms with Crippen molar-refractivity contribution in [1.29, 1.82) is 0 Å². The molecule has 0 amide bonds. The van der Waals surface area contributed by atoms with Crippen molar-refractivity contribution < 1.29 is 0 Å². The Balaban J connectivity index is 2.23. The molecular weight excluding hydrogens is 184 g/mol. The van der Waals surface area contributed by atoms with E-state index in [-0.39, 0.29) is 0 Å². The highest BCUT2D eigenvalue weighted by Gasteiger charge is 2.24. The van der Waals surface area contributed by atoms with Gasteiger partial charge in [-0.1, -0.05) is 13.8 Å². The van der Waals surface area contributed by atoms with Gasteiger partial charge in [0.25, 0.3) is 0 Å². The molecule has 2 nitrogen and oxygen atoms in total.